The van der Waals surface area contributed by atoms with E-state index in [9.17, 15) is 4.79 Å². The first-order valence-electron chi connectivity index (χ1n) is 10.2. The molecule has 0 unspecified atom stereocenters. The van der Waals surface area contributed by atoms with Crippen LogP contribution in [0.25, 0.3) is 10.2 Å². The fourth-order valence-electron chi connectivity index (χ4n) is 4.14. The van der Waals surface area contributed by atoms with Gasteiger partial charge >= 0.3 is 0 Å². The van der Waals surface area contributed by atoms with Crippen molar-refractivity contribution >= 4 is 39.0 Å². The van der Waals surface area contributed by atoms with E-state index in [0.717, 1.165) is 37.3 Å². The molecule has 2 N–H and O–H groups in total. The van der Waals surface area contributed by atoms with Crippen molar-refractivity contribution in [3.8, 4) is 0 Å². The molecule has 6 nitrogen and oxygen atoms in total. The van der Waals surface area contributed by atoms with E-state index in [1.54, 1.807) is 17.5 Å². The molecule has 2 saturated heterocycles. The van der Waals surface area contributed by atoms with Gasteiger partial charge in [-0.2, -0.15) is 0 Å². The summed E-state index contributed by atoms with van der Waals surface area (Å²) in [4.78, 5) is 24.2. The standard InChI is InChI=1S/C12H16N4O.C10H11NS/c13-11-7-9(3-4-14-11)15-5-6-16-10(8-15)1-2-12(16)17;1-2-4-8-5-3-6-9-10(8)12-7-11-9/h3-4,7,10H,1-2,5-6,8H2,(H2,13,14);3,5-7H,2,4H2,1H3/t10-;/m0./s1. The Morgan fingerprint density at radius 2 is 2.14 bits per heavy atom. The molecule has 4 heterocycles. The number of benzene rings is 1. The summed E-state index contributed by atoms with van der Waals surface area (Å²) in [5.74, 6) is 0.858. The van der Waals surface area contributed by atoms with Crippen LogP contribution in [0.3, 0.4) is 0 Å². The molecule has 2 aromatic heterocycles. The number of amides is 1. The van der Waals surface area contributed by atoms with Crippen molar-refractivity contribution < 1.29 is 4.79 Å². The van der Waals surface area contributed by atoms with Crippen LogP contribution < -0.4 is 10.6 Å². The highest BCUT2D eigenvalue weighted by Crippen LogP contribution is 2.26. The van der Waals surface area contributed by atoms with Crippen LogP contribution >= 0.6 is 11.3 Å². The highest BCUT2D eigenvalue weighted by atomic mass is 32.1. The van der Waals surface area contributed by atoms with Crippen LogP contribution in [0.1, 0.15) is 31.7 Å². The Hall–Kier alpha value is -2.67. The summed E-state index contributed by atoms with van der Waals surface area (Å²) in [7, 11) is 0. The van der Waals surface area contributed by atoms with Gasteiger partial charge in [0.2, 0.25) is 5.91 Å². The molecule has 0 saturated carbocycles. The van der Waals surface area contributed by atoms with E-state index < -0.39 is 0 Å². The van der Waals surface area contributed by atoms with E-state index in [4.69, 9.17) is 5.73 Å². The average Bonchev–Trinajstić information content (AvgIpc) is 3.36. The monoisotopic (exact) mass is 409 g/mol. The number of thiazole rings is 1. The Kier molecular flexibility index (Phi) is 5.94. The minimum absolute atomic E-state index is 0.309. The topological polar surface area (TPSA) is 75.3 Å². The van der Waals surface area contributed by atoms with Gasteiger partial charge in [-0.25, -0.2) is 9.97 Å². The SMILES string of the molecule is CCCc1cccc2ncsc12.Nc1cc(N2CCN3C(=O)CC[C@H]3C2)ccn1. The molecule has 1 aromatic carbocycles. The van der Waals surface area contributed by atoms with E-state index >= 15 is 0 Å². The van der Waals surface area contributed by atoms with Crippen molar-refractivity contribution in [3.63, 3.8) is 0 Å². The van der Waals surface area contributed by atoms with E-state index in [0.29, 0.717) is 24.2 Å². The summed E-state index contributed by atoms with van der Waals surface area (Å²) in [6, 6.07) is 10.6. The summed E-state index contributed by atoms with van der Waals surface area (Å²) in [6.45, 7) is 4.83. The zero-order valence-electron chi connectivity index (χ0n) is 16.8. The van der Waals surface area contributed by atoms with Crippen LogP contribution in [-0.2, 0) is 11.2 Å². The summed E-state index contributed by atoms with van der Waals surface area (Å²) in [6.07, 6.45) is 5.79. The maximum absolute atomic E-state index is 11.6. The van der Waals surface area contributed by atoms with Gasteiger partial charge in [-0.15, -0.1) is 11.3 Å². The van der Waals surface area contributed by atoms with Crippen molar-refractivity contribution in [2.45, 2.75) is 38.6 Å². The van der Waals surface area contributed by atoms with Crippen LogP contribution in [-0.4, -0.2) is 46.5 Å². The van der Waals surface area contributed by atoms with Crippen molar-refractivity contribution in [2.75, 3.05) is 30.3 Å². The lowest BCUT2D eigenvalue weighted by Crippen LogP contribution is -2.51. The molecule has 0 spiro atoms. The minimum atomic E-state index is 0.309. The number of fused-ring (bicyclic) bond motifs is 2. The third-order valence-corrected chi connectivity index (χ3v) is 6.50. The first kappa shape index (κ1) is 19.6. The lowest BCUT2D eigenvalue weighted by atomic mass is 10.1. The van der Waals surface area contributed by atoms with E-state index in [1.807, 2.05) is 22.5 Å². The highest BCUT2D eigenvalue weighted by molar-refractivity contribution is 7.16. The zero-order valence-corrected chi connectivity index (χ0v) is 17.6. The van der Waals surface area contributed by atoms with Crippen molar-refractivity contribution in [1.82, 2.24) is 14.9 Å². The molecule has 152 valence electrons. The van der Waals surface area contributed by atoms with Gasteiger partial charge in [0.1, 0.15) is 5.82 Å². The Morgan fingerprint density at radius 3 is 2.97 bits per heavy atom. The molecular formula is C22H27N5OS. The first-order chi connectivity index (χ1) is 14.2. The third kappa shape index (κ3) is 4.34. The number of nitrogens with zero attached hydrogens (tertiary/aromatic N) is 4. The number of carbonyl (C=O) groups excluding carboxylic acids is 1. The molecule has 0 bridgehead atoms. The number of aromatic nitrogens is 2. The quantitative estimate of drug-likeness (QED) is 0.713. The molecule has 0 radical (unpaired) electrons. The van der Waals surface area contributed by atoms with Crippen molar-refractivity contribution in [2.24, 2.45) is 0 Å². The minimum Gasteiger partial charge on any atom is -0.384 e. The van der Waals surface area contributed by atoms with Gasteiger partial charge in [0, 0.05) is 50.0 Å². The largest absolute Gasteiger partial charge is 0.384 e. The predicted octanol–water partition coefficient (Wildman–Crippen LogP) is 3.72. The second kappa shape index (κ2) is 8.78. The molecule has 1 amide bonds. The smallest absolute Gasteiger partial charge is 0.223 e. The van der Waals surface area contributed by atoms with Gasteiger partial charge in [0.15, 0.2) is 0 Å². The molecule has 29 heavy (non-hydrogen) atoms. The summed E-state index contributed by atoms with van der Waals surface area (Å²) in [5, 5.41) is 0. The van der Waals surface area contributed by atoms with Crippen LogP contribution in [0.2, 0.25) is 0 Å². The fourth-order valence-corrected chi connectivity index (χ4v) is 4.98. The second-order valence-electron chi connectivity index (χ2n) is 7.53. The first-order valence-corrected chi connectivity index (χ1v) is 11.1. The Morgan fingerprint density at radius 1 is 1.24 bits per heavy atom. The molecule has 7 heteroatoms. The molecule has 1 atom stereocenters. The fraction of sp³-hybridized carbons (Fsp3) is 0.409. The van der Waals surface area contributed by atoms with Gasteiger partial charge in [0.05, 0.1) is 15.7 Å². The van der Waals surface area contributed by atoms with E-state index in [-0.39, 0.29) is 0 Å². The lowest BCUT2D eigenvalue weighted by molar-refractivity contribution is -0.129. The number of carbonyl (C=O) groups is 1. The normalized spacial score (nSPS) is 18.5. The summed E-state index contributed by atoms with van der Waals surface area (Å²) in [5.41, 5.74) is 11.3. The van der Waals surface area contributed by atoms with Crippen molar-refractivity contribution in [1.29, 1.82) is 0 Å². The number of rotatable bonds is 3. The molecule has 0 aliphatic carbocycles. The summed E-state index contributed by atoms with van der Waals surface area (Å²) < 4.78 is 1.36. The van der Waals surface area contributed by atoms with Crippen LogP contribution in [0.4, 0.5) is 11.5 Å². The second-order valence-corrected chi connectivity index (χ2v) is 8.39. The molecule has 3 aromatic rings. The van der Waals surface area contributed by atoms with Crippen LogP contribution in [0.15, 0.2) is 42.0 Å². The van der Waals surface area contributed by atoms with Crippen molar-refractivity contribution in [3.05, 3.63) is 47.6 Å². The molecule has 2 aliphatic rings. The van der Waals surface area contributed by atoms with E-state index in [2.05, 4.69) is 40.0 Å². The lowest BCUT2D eigenvalue weighted by Gasteiger charge is -2.38. The van der Waals surface area contributed by atoms with Gasteiger partial charge < -0.3 is 15.5 Å². The number of anilines is 2. The number of aryl methyl sites for hydroxylation is 1. The van der Waals surface area contributed by atoms with Crippen LogP contribution in [0.5, 0.6) is 0 Å². The van der Waals surface area contributed by atoms with Gasteiger partial charge in [-0.3, -0.25) is 4.79 Å². The number of pyridine rings is 1. The Bertz CT molecular complexity index is 988. The average molecular weight is 410 g/mol. The molecule has 5 rings (SSSR count). The number of nitrogen functional groups attached to an aromatic ring is 1. The maximum atomic E-state index is 11.6. The Balaban J connectivity index is 0.000000150. The van der Waals surface area contributed by atoms with Gasteiger partial charge in [-0.1, -0.05) is 25.5 Å². The zero-order chi connectivity index (χ0) is 20.2. The molecule has 2 aliphatic heterocycles. The van der Waals surface area contributed by atoms with E-state index in [1.165, 1.54) is 23.1 Å². The van der Waals surface area contributed by atoms with Gasteiger partial charge in [0.25, 0.3) is 0 Å². The number of piperazine rings is 1. The highest BCUT2D eigenvalue weighted by Gasteiger charge is 2.35. The number of nitrogens with two attached hydrogens (primary N) is 1. The molecular weight excluding hydrogens is 382 g/mol. The third-order valence-electron chi connectivity index (χ3n) is 5.58. The van der Waals surface area contributed by atoms with Gasteiger partial charge in [-0.05, 0) is 30.5 Å². The number of hydrogen-bond acceptors (Lipinski definition) is 6. The summed E-state index contributed by atoms with van der Waals surface area (Å²) >= 11 is 1.74. The van der Waals surface area contributed by atoms with Crippen LogP contribution in [0, 0.1) is 0 Å². The molecule has 2 fully saturated rings. The number of hydrogen-bond donors (Lipinski definition) is 1. The predicted molar refractivity (Wildman–Crippen MR) is 119 cm³/mol. The maximum Gasteiger partial charge on any atom is 0.223 e. The Labute approximate surface area is 175 Å².